The predicted molar refractivity (Wildman–Crippen MR) is 106 cm³/mol. The first kappa shape index (κ1) is 16.3. The Balaban J connectivity index is 1.41. The van der Waals surface area contributed by atoms with Crippen molar-refractivity contribution in [3.8, 4) is 0 Å². The number of amides is 1. The van der Waals surface area contributed by atoms with E-state index in [-0.39, 0.29) is 11.9 Å². The Kier molecular flexibility index (Phi) is 4.05. The summed E-state index contributed by atoms with van der Waals surface area (Å²) in [5, 5.41) is 8.34. The molecular formula is C21H19N3O2S. The quantitative estimate of drug-likeness (QED) is 0.688. The molecule has 0 saturated heterocycles. The molecule has 0 saturated carbocycles. The number of para-hydroxylation sites is 1. The van der Waals surface area contributed by atoms with Gasteiger partial charge in [0.25, 0.3) is 5.91 Å². The van der Waals surface area contributed by atoms with Crippen LogP contribution < -0.4 is 4.90 Å². The van der Waals surface area contributed by atoms with Crippen LogP contribution in [0, 0.1) is 0 Å². The van der Waals surface area contributed by atoms with E-state index in [4.69, 9.17) is 9.52 Å². The monoisotopic (exact) mass is 377 g/mol. The maximum Gasteiger partial charge on any atom is 0.262 e. The molecule has 0 radical (unpaired) electrons. The molecule has 27 heavy (non-hydrogen) atoms. The molecule has 0 aliphatic carbocycles. The summed E-state index contributed by atoms with van der Waals surface area (Å²) in [6.07, 6.45) is 3.31. The van der Waals surface area contributed by atoms with E-state index in [2.05, 4.69) is 23.1 Å². The fraction of sp³-hybridized carbons (Fsp3) is 0.238. The Bertz CT molecular complexity index is 979. The SMILES string of the molecule is O=C(CN1CCc2ccccc21)N1N=C(c2cccs2)CC1c1ccco1. The van der Waals surface area contributed by atoms with Gasteiger partial charge in [0.2, 0.25) is 0 Å². The van der Waals surface area contributed by atoms with Crippen LogP contribution in [0.2, 0.25) is 0 Å². The molecule has 3 aromatic rings. The first-order valence-electron chi connectivity index (χ1n) is 9.09. The van der Waals surface area contributed by atoms with Gasteiger partial charge in [-0.1, -0.05) is 24.3 Å². The van der Waals surface area contributed by atoms with Crippen molar-refractivity contribution < 1.29 is 9.21 Å². The fourth-order valence-corrected chi connectivity index (χ4v) is 4.56. The molecule has 4 heterocycles. The van der Waals surface area contributed by atoms with Crippen LogP contribution >= 0.6 is 11.3 Å². The van der Waals surface area contributed by atoms with Gasteiger partial charge in [0.15, 0.2) is 0 Å². The highest BCUT2D eigenvalue weighted by molar-refractivity contribution is 7.12. The van der Waals surface area contributed by atoms with Gasteiger partial charge in [0.1, 0.15) is 11.8 Å². The smallest absolute Gasteiger partial charge is 0.262 e. The van der Waals surface area contributed by atoms with Gasteiger partial charge in [0.05, 0.1) is 23.4 Å². The Morgan fingerprint density at radius 2 is 2.11 bits per heavy atom. The van der Waals surface area contributed by atoms with Gasteiger partial charge in [0, 0.05) is 18.7 Å². The summed E-state index contributed by atoms with van der Waals surface area (Å²) in [5.41, 5.74) is 3.40. The number of rotatable bonds is 4. The molecule has 6 heteroatoms. The molecule has 0 bridgehead atoms. The number of furan rings is 1. The van der Waals surface area contributed by atoms with Crippen molar-refractivity contribution in [2.45, 2.75) is 18.9 Å². The third-order valence-electron chi connectivity index (χ3n) is 5.15. The normalized spacial score (nSPS) is 18.7. The first-order chi connectivity index (χ1) is 13.3. The molecule has 1 unspecified atom stereocenters. The van der Waals surface area contributed by atoms with Crippen molar-refractivity contribution in [2.24, 2.45) is 5.10 Å². The number of carbonyl (C=O) groups excluding carboxylic acids is 1. The van der Waals surface area contributed by atoms with E-state index in [0.29, 0.717) is 13.0 Å². The second-order valence-corrected chi connectivity index (χ2v) is 7.75. The summed E-state index contributed by atoms with van der Waals surface area (Å²) >= 11 is 1.65. The summed E-state index contributed by atoms with van der Waals surface area (Å²) in [5.74, 6) is 0.778. The van der Waals surface area contributed by atoms with Crippen LogP contribution in [0.15, 0.2) is 69.7 Å². The van der Waals surface area contributed by atoms with Crippen LogP contribution in [0.3, 0.4) is 0 Å². The molecule has 2 aliphatic heterocycles. The summed E-state index contributed by atoms with van der Waals surface area (Å²) in [6, 6.07) is 16.0. The highest BCUT2D eigenvalue weighted by Gasteiger charge is 2.36. The van der Waals surface area contributed by atoms with Crippen molar-refractivity contribution in [1.29, 1.82) is 0 Å². The fourth-order valence-electron chi connectivity index (χ4n) is 3.84. The van der Waals surface area contributed by atoms with E-state index in [1.807, 2.05) is 35.7 Å². The van der Waals surface area contributed by atoms with E-state index in [9.17, 15) is 4.79 Å². The highest BCUT2D eigenvalue weighted by atomic mass is 32.1. The van der Waals surface area contributed by atoms with Gasteiger partial charge in [-0.3, -0.25) is 4.79 Å². The lowest BCUT2D eigenvalue weighted by Gasteiger charge is -2.24. The van der Waals surface area contributed by atoms with E-state index in [0.717, 1.165) is 35.0 Å². The van der Waals surface area contributed by atoms with E-state index in [1.165, 1.54) is 5.56 Å². The van der Waals surface area contributed by atoms with Gasteiger partial charge < -0.3 is 9.32 Å². The minimum absolute atomic E-state index is 0.000316. The van der Waals surface area contributed by atoms with Crippen LogP contribution in [-0.4, -0.2) is 29.7 Å². The molecule has 1 aromatic carbocycles. The Hall–Kier alpha value is -2.86. The molecule has 1 atom stereocenters. The number of nitrogens with zero attached hydrogens (tertiary/aromatic N) is 3. The lowest BCUT2D eigenvalue weighted by molar-refractivity contribution is -0.131. The molecule has 5 rings (SSSR count). The van der Waals surface area contributed by atoms with Crippen LogP contribution in [-0.2, 0) is 11.2 Å². The van der Waals surface area contributed by atoms with Gasteiger partial charge in [-0.25, -0.2) is 5.01 Å². The Morgan fingerprint density at radius 1 is 1.19 bits per heavy atom. The molecule has 2 aromatic heterocycles. The molecule has 0 N–H and O–H groups in total. The van der Waals surface area contributed by atoms with Crippen LogP contribution in [0.5, 0.6) is 0 Å². The van der Waals surface area contributed by atoms with Crippen molar-refractivity contribution >= 4 is 28.6 Å². The largest absolute Gasteiger partial charge is 0.467 e. The van der Waals surface area contributed by atoms with Gasteiger partial charge in [-0.15, -0.1) is 11.3 Å². The van der Waals surface area contributed by atoms with Gasteiger partial charge >= 0.3 is 0 Å². The molecule has 0 spiro atoms. The maximum atomic E-state index is 13.2. The van der Waals surface area contributed by atoms with E-state index in [1.54, 1.807) is 22.6 Å². The number of carbonyl (C=O) groups is 1. The average molecular weight is 377 g/mol. The zero-order valence-corrected chi connectivity index (χ0v) is 15.6. The van der Waals surface area contributed by atoms with Gasteiger partial charge in [-0.05, 0) is 41.6 Å². The maximum absolute atomic E-state index is 13.2. The number of fused-ring (bicyclic) bond motifs is 1. The van der Waals surface area contributed by atoms with Gasteiger partial charge in [-0.2, -0.15) is 5.10 Å². The number of benzene rings is 1. The summed E-state index contributed by atoms with van der Waals surface area (Å²) in [7, 11) is 0. The van der Waals surface area contributed by atoms with Crippen LogP contribution in [0.1, 0.15) is 28.7 Å². The summed E-state index contributed by atoms with van der Waals surface area (Å²) in [6.45, 7) is 1.20. The van der Waals surface area contributed by atoms with E-state index >= 15 is 0 Å². The molecule has 5 nitrogen and oxygen atoms in total. The third-order valence-corrected chi connectivity index (χ3v) is 6.07. The number of anilines is 1. The third kappa shape index (κ3) is 2.96. The van der Waals surface area contributed by atoms with Crippen molar-refractivity contribution in [2.75, 3.05) is 18.0 Å². The number of thiophene rings is 1. The standard InChI is InChI=1S/C21H19N3O2S/c25-21(14-23-10-9-15-5-1-2-6-17(15)23)24-18(19-7-3-11-26-19)13-16(22-24)20-8-4-12-27-20/h1-8,11-12,18H,9-10,13-14H2. The van der Waals surface area contributed by atoms with Crippen molar-refractivity contribution in [1.82, 2.24) is 5.01 Å². The molecule has 136 valence electrons. The lowest BCUT2D eigenvalue weighted by atomic mass is 10.1. The van der Waals surface area contributed by atoms with Crippen LogP contribution in [0.4, 0.5) is 5.69 Å². The topological polar surface area (TPSA) is 49.1 Å². The second-order valence-electron chi connectivity index (χ2n) is 6.80. The highest BCUT2D eigenvalue weighted by Crippen LogP contribution is 2.35. The molecule has 0 fully saturated rings. The van der Waals surface area contributed by atoms with Crippen molar-refractivity contribution in [3.63, 3.8) is 0 Å². The molecule has 1 amide bonds. The lowest BCUT2D eigenvalue weighted by Crippen LogP contribution is -2.37. The Labute approximate surface area is 161 Å². The zero-order chi connectivity index (χ0) is 18.2. The summed E-state index contributed by atoms with van der Waals surface area (Å²) < 4.78 is 5.61. The predicted octanol–water partition coefficient (Wildman–Crippen LogP) is 4.08. The number of hydrazone groups is 1. The minimum atomic E-state index is -0.178. The zero-order valence-electron chi connectivity index (χ0n) is 14.7. The van der Waals surface area contributed by atoms with Crippen LogP contribution in [0.25, 0.3) is 0 Å². The molecule has 2 aliphatic rings. The van der Waals surface area contributed by atoms with E-state index < -0.39 is 0 Å². The average Bonchev–Trinajstić information content (AvgIpc) is 3.47. The Morgan fingerprint density at radius 3 is 2.93 bits per heavy atom. The second kappa shape index (κ2) is 6.70. The van der Waals surface area contributed by atoms with Crippen molar-refractivity contribution in [3.05, 3.63) is 76.4 Å². The minimum Gasteiger partial charge on any atom is -0.467 e. The number of hydrogen-bond donors (Lipinski definition) is 0. The number of hydrogen-bond acceptors (Lipinski definition) is 5. The first-order valence-corrected chi connectivity index (χ1v) is 9.97. The summed E-state index contributed by atoms with van der Waals surface area (Å²) in [4.78, 5) is 16.4. The molecular weight excluding hydrogens is 358 g/mol.